The van der Waals surface area contributed by atoms with Gasteiger partial charge in [0.15, 0.2) is 0 Å². The Balaban J connectivity index is 0.00000246. The molecule has 9 heterocycles. The summed E-state index contributed by atoms with van der Waals surface area (Å²) in [4.78, 5) is 9.60. The van der Waals surface area contributed by atoms with Crippen molar-refractivity contribution in [2.24, 2.45) is 0 Å². The molecule has 0 unspecified atom stereocenters. The third-order valence-electron chi connectivity index (χ3n) is 13.0. The van der Waals surface area contributed by atoms with Crippen LogP contribution in [-0.4, -0.2) is 43.0 Å². The first-order valence-corrected chi connectivity index (χ1v) is 22.2. The fourth-order valence-corrected chi connectivity index (χ4v) is 9.76. The molecule has 0 saturated heterocycles. The number of ether oxygens (including phenoxy) is 4. The van der Waals surface area contributed by atoms with Crippen LogP contribution >= 0.6 is 0 Å². The maximum atomic E-state index is 6.52. The molecule has 0 spiro atoms. The van der Waals surface area contributed by atoms with Crippen molar-refractivity contribution in [1.82, 2.24) is 29.5 Å². The van der Waals surface area contributed by atoms with Crippen molar-refractivity contribution in [2.75, 3.05) is 0 Å². The fourth-order valence-electron chi connectivity index (χ4n) is 9.76. The Bertz CT molecular complexity index is 3640. The molecule has 0 bridgehead atoms. The molecule has 5 aromatic heterocycles. The van der Waals surface area contributed by atoms with Crippen molar-refractivity contribution in [1.29, 1.82) is 0 Å². The summed E-state index contributed by atoms with van der Waals surface area (Å²) in [5, 5.41) is 9.36. The van der Waals surface area contributed by atoms with Crippen LogP contribution in [-0.2, 0) is 42.1 Å². The van der Waals surface area contributed by atoms with Gasteiger partial charge in [0.05, 0.1) is 24.2 Å². The van der Waals surface area contributed by atoms with Crippen molar-refractivity contribution in [3.63, 3.8) is 0 Å². The molecule has 4 aliphatic heterocycles. The SMILES string of the molecule is [Pt].[Pt].[c-]1oc(-c2[c-]c3c(cc2)Oc2cccc4c2B3c2[c-]c(-n3cc(-c5ccccc5)cn3)cnc2O4)[c-]c1-c1[c-]c2c(cc1)Oc1cccc3c1B2c1[c-]c(-n2cc(-c4ccccc4)cn2)cnc1O3. The third-order valence-corrected chi connectivity index (χ3v) is 13.0. The summed E-state index contributed by atoms with van der Waals surface area (Å²) < 4.78 is 35.6. The summed E-state index contributed by atoms with van der Waals surface area (Å²) in [6.07, 6.45) is 14.2. The Morgan fingerprint density at radius 1 is 0.408 bits per heavy atom. The minimum Gasteiger partial charge on any atom is -0.631 e. The van der Waals surface area contributed by atoms with Gasteiger partial charge in [0.2, 0.25) is 13.4 Å². The molecule has 4 aliphatic rings. The van der Waals surface area contributed by atoms with Crippen LogP contribution in [0.4, 0.5) is 0 Å². The van der Waals surface area contributed by atoms with Crippen molar-refractivity contribution < 1.29 is 65.5 Å². The number of fused-ring (bicyclic) bond motifs is 8. The third kappa shape index (κ3) is 6.97. The summed E-state index contributed by atoms with van der Waals surface area (Å²) in [6, 6.07) is 57.6. The average molecular weight is 1270 g/mol. The van der Waals surface area contributed by atoms with Gasteiger partial charge in [-0.05, 0) is 46.8 Å². The van der Waals surface area contributed by atoms with Crippen molar-refractivity contribution in [3.8, 4) is 102 Å². The zero-order valence-corrected chi connectivity index (χ0v) is 41.1. The van der Waals surface area contributed by atoms with Crippen LogP contribution in [0.1, 0.15) is 0 Å². The summed E-state index contributed by atoms with van der Waals surface area (Å²) in [5.74, 6) is 5.37. The Morgan fingerprint density at radius 3 is 1.41 bits per heavy atom. The number of pyridine rings is 2. The van der Waals surface area contributed by atoms with Crippen LogP contribution in [0.3, 0.4) is 0 Å². The number of nitrogens with zero attached hydrogens (tertiary/aromatic N) is 6. The molecule has 0 saturated carbocycles. The van der Waals surface area contributed by atoms with Gasteiger partial charge in [-0.3, -0.25) is 9.36 Å². The van der Waals surface area contributed by atoms with E-state index in [1.807, 2.05) is 122 Å². The van der Waals surface area contributed by atoms with Gasteiger partial charge in [0.25, 0.3) is 0 Å². The predicted molar refractivity (Wildman–Crippen MR) is 259 cm³/mol. The number of hydrogen-bond donors (Lipinski definition) is 0. The van der Waals surface area contributed by atoms with E-state index in [4.69, 9.17) is 33.3 Å². The Labute approximate surface area is 435 Å². The van der Waals surface area contributed by atoms with Gasteiger partial charge in [-0.15, -0.1) is 57.9 Å². The molecule has 15 rings (SSSR count). The first kappa shape index (κ1) is 43.1. The molecule has 0 N–H and O–H groups in total. The second-order valence-electron chi connectivity index (χ2n) is 17.0. The minimum atomic E-state index is -0.367. The van der Waals surface area contributed by atoms with Crippen LogP contribution in [0.15, 0.2) is 163 Å². The standard InChI is InChI=1S/C56H26B2N6O5.2Pt/c1-3-9-33(10-4-1)38-26-61-63(30-38)40-24-44-55(59-28-40)68-50-15-7-13-48-53(50)57(44)42-21-35(17-19-46(42)66-48)37-23-52(65-32-37)36-18-20-47-43(22-36)58-45-25-41(64-31-39(27-62-64)34-11-5-2-6-12-34)29-60-56(45)69-51-16-8-14-49(67-47)54(51)58;;/h1-20,26-31H;;/q-6;;. The largest absolute Gasteiger partial charge is 0.631 e. The van der Waals surface area contributed by atoms with Gasteiger partial charge < -0.3 is 50.5 Å². The molecule has 0 radical (unpaired) electrons. The number of aromatic nitrogens is 6. The summed E-state index contributed by atoms with van der Waals surface area (Å²) in [7, 11) is 0. The second kappa shape index (κ2) is 16.9. The van der Waals surface area contributed by atoms with E-state index in [1.54, 1.807) is 21.8 Å². The first-order chi connectivity index (χ1) is 34.1. The molecular weight excluding hydrogens is 1250 g/mol. The number of benzene rings is 6. The molecule has 11 nitrogen and oxygen atoms in total. The van der Waals surface area contributed by atoms with Crippen LogP contribution in [0.5, 0.6) is 46.3 Å². The summed E-state index contributed by atoms with van der Waals surface area (Å²) in [6.45, 7) is -0.726. The monoisotopic (exact) mass is 1270 g/mol. The van der Waals surface area contributed by atoms with Crippen molar-refractivity contribution >= 4 is 46.2 Å². The zero-order valence-electron chi connectivity index (χ0n) is 36.5. The van der Waals surface area contributed by atoms with Gasteiger partial charge >= 0.3 is 0 Å². The van der Waals surface area contributed by atoms with Crippen LogP contribution < -0.4 is 51.7 Å². The van der Waals surface area contributed by atoms with E-state index in [2.05, 4.69) is 71.1 Å². The molecule has 0 fully saturated rings. The zero-order chi connectivity index (χ0) is 45.2. The van der Waals surface area contributed by atoms with Crippen molar-refractivity contribution in [2.45, 2.75) is 0 Å². The Hall–Kier alpha value is -7.97. The van der Waals surface area contributed by atoms with E-state index < -0.39 is 0 Å². The van der Waals surface area contributed by atoms with E-state index in [1.165, 1.54) is 0 Å². The van der Waals surface area contributed by atoms with Crippen molar-refractivity contribution in [3.05, 3.63) is 195 Å². The molecule has 15 heteroatoms. The van der Waals surface area contributed by atoms with E-state index in [-0.39, 0.29) is 55.6 Å². The van der Waals surface area contributed by atoms with Gasteiger partial charge in [0.1, 0.15) is 23.0 Å². The normalized spacial score (nSPS) is 12.7. The number of furan rings is 1. The molecule has 342 valence electrons. The fraction of sp³-hybridized carbons (Fsp3) is 0. The van der Waals surface area contributed by atoms with Crippen LogP contribution in [0.25, 0.3) is 56.1 Å². The molecule has 0 amide bonds. The van der Waals surface area contributed by atoms with Gasteiger partial charge in [0, 0.05) is 88.1 Å². The van der Waals surface area contributed by atoms with Gasteiger partial charge in [-0.1, -0.05) is 91.0 Å². The Morgan fingerprint density at radius 2 is 0.887 bits per heavy atom. The molecule has 11 aromatic rings. The number of rotatable bonds is 6. The molecular formula is C56H26B2N6O5Pt2-6. The van der Waals surface area contributed by atoms with E-state index in [0.717, 1.165) is 55.0 Å². The molecule has 6 aromatic carbocycles. The van der Waals surface area contributed by atoms with E-state index >= 15 is 0 Å². The Kier molecular flexibility index (Phi) is 10.2. The average Bonchev–Trinajstić information content (AvgIpc) is 4.22. The quantitative estimate of drug-likeness (QED) is 0.125. The second-order valence-corrected chi connectivity index (χ2v) is 17.0. The topological polar surface area (TPSA) is 111 Å². The maximum Gasteiger partial charge on any atom is 0.215 e. The van der Waals surface area contributed by atoms with Gasteiger partial charge in [-0.2, -0.15) is 22.3 Å². The van der Waals surface area contributed by atoms with Crippen LogP contribution in [0, 0.1) is 36.6 Å². The molecule has 0 atom stereocenters. The first-order valence-electron chi connectivity index (χ1n) is 22.2. The summed E-state index contributed by atoms with van der Waals surface area (Å²) >= 11 is 0. The molecule has 0 aliphatic carbocycles. The van der Waals surface area contributed by atoms with E-state index in [0.29, 0.717) is 80.1 Å². The van der Waals surface area contributed by atoms with Gasteiger partial charge in [-0.25, -0.2) is 12.1 Å². The predicted octanol–water partition coefficient (Wildman–Crippen LogP) is 7.36. The smallest absolute Gasteiger partial charge is 0.215 e. The minimum absolute atomic E-state index is 0. The summed E-state index contributed by atoms with van der Waals surface area (Å²) in [5.41, 5.74) is 12.2. The maximum absolute atomic E-state index is 6.52. The van der Waals surface area contributed by atoms with E-state index in [9.17, 15) is 0 Å². The van der Waals surface area contributed by atoms with Crippen LogP contribution in [0.2, 0.25) is 0 Å². The molecule has 71 heavy (non-hydrogen) atoms. The number of hydrogen-bond acceptors (Lipinski definition) is 9.